The summed E-state index contributed by atoms with van der Waals surface area (Å²) in [6.07, 6.45) is 17.1. The quantitative estimate of drug-likeness (QED) is 0.423. The third-order valence-corrected chi connectivity index (χ3v) is 9.81. The lowest BCUT2D eigenvalue weighted by atomic mass is 9.42. The van der Waals surface area contributed by atoms with Crippen molar-refractivity contribution >= 4 is 0 Å². The molecule has 3 rings (SSSR count). The summed E-state index contributed by atoms with van der Waals surface area (Å²) in [4.78, 5) is 0. The van der Waals surface area contributed by atoms with Gasteiger partial charge < -0.3 is 0 Å². The second-order valence-electron chi connectivity index (χ2n) is 11.8. The van der Waals surface area contributed by atoms with Gasteiger partial charge in [-0.15, -0.1) is 0 Å². The Hall–Kier alpha value is -0.260. The molecule has 3 fully saturated rings. The molecular formula is C27H48. The normalized spacial score (nSPS) is 46.5. The molecule has 0 amide bonds. The molecule has 0 heteroatoms. The maximum Gasteiger partial charge on any atom is -0.0254 e. The van der Waals surface area contributed by atoms with Gasteiger partial charge >= 0.3 is 0 Å². The average molecular weight is 373 g/mol. The van der Waals surface area contributed by atoms with Crippen molar-refractivity contribution < 1.29 is 0 Å². The van der Waals surface area contributed by atoms with Crippen LogP contribution in [0.25, 0.3) is 0 Å². The molecule has 0 aromatic heterocycles. The molecule has 0 N–H and O–H groups in total. The molecule has 0 radical (unpaired) electrons. The highest BCUT2D eigenvalue weighted by molar-refractivity contribution is 5.08. The summed E-state index contributed by atoms with van der Waals surface area (Å²) in [5, 5.41) is 0. The molecule has 3 aliphatic rings. The summed E-state index contributed by atoms with van der Waals surface area (Å²) in [5.74, 6) is 5.59. The molecule has 3 aliphatic carbocycles. The van der Waals surface area contributed by atoms with Gasteiger partial charge in [0.2, 0.25) is 0 Å². The van der Waals surface area contributed by atoms with E-state index in [2.05, 4.69) is 54.5 Å². The molecule has 0 saturated heterocycles. The van der Waals surface area contributed by atoms with Gasteiger partial charge in [0.25, 0.3) is 0 Å². The lowest BCUT2D eigenvalue weighted by molar-refractivity contribution is -0.132. The van der Waals surface area contributed by atoms with Crippen LogP contribution in [0.3, 0.4) is 0 Å². The average Bonchev–Trinajstić information content (AvgIpc) is 2.59. The molecule has 8 atom stereocenters. The maximum absolute atomic E-state index is 2.71. The lowest BCUT2D eigenvalue weighted by Crippen LogP contribution is -2.54. The molecule has 0 bridgehead atoms. The fourth-order valence-corrected chi connectivity index (χ4v) is 8.13. The van der Waals surface area contributed by atoms with E-state index in [1.165, 1.54) is 64.2 Å². The number of hydrogen-bond acceptors (Lipinski definition) is 0. The Morgan fingerprint density at radius 3 is 2.44 bits per heavy atom. The van der Waals surface area contributed by atoms with E-state index in [0.29, 0.717) is 10.8 Å². The summed E-state index contributed by atoms with van der Waals surface area (Å²) in [5.41, 5.74) is 2.81. The van der Waals surface area contributed by atoms with Crippen LogP contribution in [0.1, 0.15) is 113 Å². The molecule has 3 saturated carbocycles. The van der Waals surface area contributed by atoms with E-state index in [1.54, 1.807) is 5.57 Å². The van der Waals surface area contributed by atoms with Gasteiger partial charge in [-0.05, 0) is 105 Å². The van der Waals surface area contributed by atoms with E-state index in [9.17, 15) is 0 Å². The van der Waals surface area contributed by atoms with Crippen LogP contribution < -0.4 is 0 Å². The van der Waals surface area contributed by atoms with Crippen LogP contribution in [0.2, 0.25) is 0 Å². The molecule has 0 aromatic carbocycles. The third kappa shape index (κ3) is 4.06. The highest BCUT2D eigenvalue weighted by Gasteiger charge is 2.57. The van der Waals surface area contributed by atoms with Gasteiger partial charge in [0, 0.05) is 0 Å². The van der Waals surface area contributed by atoms with Gasteiger partial charge in [0.15, 0.2) is 0 Å². The van der Waals surface area contributed by atoms with E-state index >= 15 is 0 Å². The van der Waals surface area contributed by atoms with Crippen molar-refractivity contribution in [1.82, 2.24) is 0 Å². The molecule has 0 heterocycles. The predicted molar refractivity (Wildman–Crippen MR) is 120 cm³/mol. The second kappa shape index (κ2) is 8.23. The summed E-state index contributed by atoms with van der Waals surface area (Å²) in [7, 11) is 0. The highest BCUT2D eigenvalue weighted by atomic mass is 14.6. The van der Waals surface area contributed by atoms with Crippen molar-refractivity contribution in [2.24, 2.45) is 46.3 Å². The maximum atomic E-state index is 2.71. The first-order chi connectivity index (χ1) is 12.7. The highest BCUT2D eigenvalue weighted by Crippen LogP contribution is 2.65. The number of rotatable bonds is 5. The largest absolute Gasteiger partial charge is 0.0827 e. The van der Waals surface area contributed by atoms with Crippen molar-refractivity contribution in [2.75, 3.05) is 0 Å². The number of fused-ring (bicyclic) bond motifs is 3. The van der Waals surface area contributed by atoms with E-state index in [4.69, 9.17) is 0 Å². The van der Waals surface area contributed by atoms with Crippen molar-refractivity contribution in [3.8, 4) is 0 Å². The van der Waals surface area contributed by atoms with Crippen LogP contribution in [0.15, 0.2) is 11.6 Å². The Labute approximate surface area is 171 Å². The lowest BCUT2D eigenvalue weighted by Gasteiger charge is -2.63. The molecule has 156 valence electrons. The number of allylic oxidation sites excluding steroid dienone is 2. The Morgan fingerprint density at radius 1 is 1.04 bits per heavy atom. The van der Waals surface area contributed by atoms with Crippen LogP contribution in [-0.2, 0) is 0 Å². The SMILES string of the molecule is CCC/C(C)=C/C(C)CC1(C)C(C)CCC2C1CCC1CC(C)CCC12C. The number of hydrogen-bond donors (Lipinski definition) is 0. The van der Waals surface area contributed by atoms with E-state index < -0.39 is 0 Å². The summed E-state index contributed by atoms with van der Waals surface area (Å²) >= 11 is 0. The molecule has 0 nitrogen and oxygen atoms in total. The minimum atomic E-state index is 0.544. The first-order valence-corrected chi connectivity index (χ1v) is 12.4. The van der Waals surface area contributed by atoms with Crippen LogP contribution >= 0.6 is 0 Å². The smallest absolute Gasteiger partial charge is 0.0254 e. The Morgan fingerprint density at radius 2 is 1.74 bits per heavy atom. The van der Waals surface area contributed by atoms with Gasteiger partial charge in [-0.25, -0.2) is 0 Å². The first kappa shape index (κ1) is 21.4. The standard InChI is InChI=1S/C27H48/c1-8-9-19(2)16-21(4)18-27(7)22(5)10-12-24-25(27)13-11-23-17-20(3)14-15-26(23,24)6/h16,20-25H,8-15,17-18H2,1-7H3/b19-16+. The van der Waals surface area contributed by atoms with E-state index in [0.717, 1.165) is 35.5 Å². The van der Waals surface area contributed by atoms with E-state index in [-0.39, 0.29) is 0 Å². The van der Waals surface area contributed by atoms with Crippen molar-refractivity contribution in [3.63, 3.8) is 0 Å². The zero-order chi connectivity index (χ0) is 19.8. The van der Waals surface area contributed by atoms with Crippen molar-refractivity contribution in [3.05, 3.63) is 11.6 Å². The molecule has 8 unspecified atom stereocenters. The Kier molecular flexibility index (Phi) is 6.54. The molecule has 0 aliphatic heterocycles. The van der Waals surface area contributed by atoms with Crippen LogP contribution in [-0.4, -0.2) is 0 Å². The van der Waals surface area contributed by atoms with Gasteiger partial charge in [-0.1, -0.05) is 66.0 Å². The molecule has 0 aromatic rings. The van der Waals surface area contributed by atoms with Crippen LogP contribution in [0, 0.1) is 46.3 Å². The minimum Gasteiger partial charge on any atom is -0.0827 e. The predicted octanol–water partition coefficient (Wildman–Crippen LogP) is 8.66. The summed E-state index contributed by atoms with van der Waals surface area (Å²) < 4.78 is 0. The zero-order valence-electron chi connectivity index (χ0n) is 19.6. The zero-order valence-corrected chi connectivity index (χ0v) is 19.6. The topological polar surface area (TPSA) is 0 Å². The van der Waals surface area contributed by atoms with Gasteiger partial charge in [-0.2, -0.15) is 0 Å². The fourth-order valence-electron chi connectivity index (χ4n) is 8.13. The van der Waals surface area contributed by atoms with Gasteiger partial charge in [0.05, 0.1) is 0 Å². The van der Waals surface area contributed by atoms with Crippen molar-refractivity contribution in [2.45, 2.75) is 113 Å². The molecule has 0 spiro atoms. The monoisotopic (exact) mass is 372 g/mol. The van der Waals surface area contributed by atoms with Gasteiger partial charge in [0.1, 0.15) is 0 Å². The second-order valence-corrected chi connectivity index (χ2v) is 11.8. The van der Waals surface area contributed by atoms with E-state index in [1.807, 2.05) is 0 Å². The third-order valence-electron chi connectivity index (χ3n) is 9.81. The van der Waals surface area contributed by atoms with Crippen molar-refractivity contribution in [1.29, 1.82) is 0 Å². The fraction of sp³-hybridized carbons (Fsp3) is 0.926. The van der Waals surface area contributed by atoms with Crippen LogP contribution in [0.4, 0.5) is 0 Å². The summed E-state index contributed by atoms with van der Waals surface area (Å²) in [6, 6.07) is 0. The van der Waals surface area contributed by atoms with Crippen LogP contribution in [0.5, 0.6) is 0 Å². The Balaban J connectivity index is 1.80. The molecule has 27 heavy (non-hydrogen) atoms. The first-order valence-electron chi connectivity index (χ1n) is 12.4. The Bertz CT molecular complexity index is 530. The van der Waals surface area contributed by atoms with Gasteiger partial charge in [-0.3, -0.25) is 0 Å². The summed E-state index contributed by atoms with van der Waals surface area (Å²) in [6.45, 7) is 17.7. The minimum absolute atomic E-state index is 0.544. The molecular weight excluding hydrogens is 324 g/mol.